The largest absolute Gasteiger partial charge is 0.490 e. The first kappa shape index (κ1) is 15.8. The molecule has 0 aromatic heterocycles. The van der Waals surface area contributed by atoms with Crippen LogP contribution in [0.1, 0.15) is 26.7 Å². The van der Waals surface area contributed by atoms with Crippen molar-refractivity contribution < 1.29 is 9.84 Å². The van der Waals surface area contributed by atoms with Crippen molar-refractivity contribution in [1.29, 1.82) is 0 Å². The average molecular weight is 266 g/mol. The number of nitrogen functional groups attached to an aromatic ring is 1. The lowest BCUT2D eigenvalue weighted by molar-refractivity contribution is 0.122. The molecule has 0 bridgehead atoms. The SMILES string of the molecule is CCC(CC)N(CCO)CCOc1ccccc1N. The topological polar surface area (TPSA) is 58.7 Å². The molecule has 0 amide bonds. The number of anilines is 1. The Morgan fingerprint density at radius 2 is 1.89 bits per heavy atom. The lowest BCUT2D eigenvalue weighted by Crippen LogP contribution is -2.39. The van der Waals surface area contributed by atoms with Gasteiger partial charge in [0.25, 0.3) is 0 Å². The molecule has 0 saturated heterocycles. The molecule has 0 fully saturated rings. The van der Waals surface area contributed by atoms with Crippen molar-refractivity contribution in [3.05, 3.63) is 24.3 Å². The summed E-state index contributed by atoms with van der Waals surface area (Å²) in [7, 11) is 0. The summed E-state index contributed by atoms with van der Waals surface area (Å²) < 4.78 is 5.70. The van der Waals surface area contributed by atoms with Crippen LogP contribution < -0.4 is 10.5 Å². The number of hydrogen-bond acceptors (Lipinski definition) is 4. The quantitative estimate of drug-likeness (QED) is 0.672. The normalized spacial score (nSPS) is 11.2. The summed E-state index contributed by atoms with van der Waals surface area (Å²) in [5.41, 5.74) is 6.50. The minimum Gasteiger partial charge on any atom is -0.490 e. The van der Waals surface area contributed by atoms with Gasteiger partial charge in [0.05, 0.1) is 12.3 Å². The third kappa shape index (κ3) is 5.09. The number of para-hydroxylation sites is 2. The van der Waals surface area contributed by atoms with E-state index in [2.05, 4.69) is 18.7 Å². The van der Waals surface area contributed by atoms with Crippen molar-refractivity contribution >= 4 is 5.69 Å². The second kappa shape index (κ2) is 8.77. The summed E-state index contributed by atoms with van der Waals surface area (Å²) in [6.45, 7) is 6.62. The van der Waals surface area contributed by atoms with Gasteiger partial charge >= 0.3 is 0 Å². The smallest absolute Gasteiger partial charge is 0.142 e. The van der Waals surface area contributed by atoms with E-state index in [0.717, 1.165) is 25.1 Å². The summed E-state index contributed by atoms with van der Waals surface area (Å²) in [5.74, 6) is 0.732. The average Bonchev–Trinajstić information content (AvgIpc) is 2.42. The van der Waals surface area contributed by atoms with Crippen molar-refractivity contribution in [2.24, 2.45) is 0 Å². The van der Waals surface area contributed by atoms with Crippen LogP contribution in [0.25, 0.3) is 0 Å². The van der Waals surface area contributed by atoms with Gasteiger partial charge in [0.2, 0.25) is 0 Å². The van der Waals surface area contributed by atoms with E-state index in [4.69, 9.17) is 15.6 Å². The monoisotopic (exact) mass is 266 g/mol. The van der Waals surface area contributed by atoms with Gasteiger partial charge in [0.1, 0.15) is 12.4 Å². The lowest BCUT2D eigenvalue weighted by Gasteiger charge is -2.29. The number of benzene rings is 1. The van der Waals surface area contributed by atoms with E-state index in [1.807, 2.05) is 24.3 Å². The molecule has 4 nitrogen and oxygen atoms in total. The van der Waals surface area contributed by atoms with Crippen LogP contribution >= 0.6 is 0 Å². The molecule has 108 valence electrons. The van der Waals surface area contributed by atoms with Gasteiger partial charge < -0.3 is 15.6 Å². The van der Waals surface area contributed by atoms with E-state index in [1.54, 1.807) is 0 Å². The molecule has 0 saturated carbocycles. The Kier molecular flexibility index (Phi) is 7.30. The maximum atomic E-state index is 9.13. The van der Waals surface area contributed by atoms with Gasteiger partial charge in [-0.3, -0.25) is 4.90 Å². The fourth-order valence-corrected chi connectivity index (χ4v) is 2.30. The fraction of sp³-hybridized carbons (Fsp3) is 0.600. The van der Waals surface area contributed by atoms with Crippen LogP contribution in [0, 0.1) is 0 Å². The Labute approximate surface area is 116 Å². The Morgan fingerprint density at radius 1 is 1.21 bits per heavy atom. The van der Waals surface area contributed by atoms with E-state index >= 15 is 0 Å². The molecular formula is C15H26N2O2. The molecular weight excluding hydrogens is 240 g/mol. The highest BCUT2D eigenvalue weighted by Crippen LogP contribution is 2.19. The third-order valence-electron chi connectivity index (χ3n) is 3.40. The molecule has 0 spiro atoms. The molecule has 1 rings (SSSR count). The summed E-state index contributed by atoms with van der Waals surface area (Å²) in [5, 5.41) is 9.13. The van der Waals surface area contributed by atoms with E-state index < -0.39 is 0 Å². The second-order valence-corrected chi connectivity index (χ2v) is 4.62. The van der Waals surface area contributed by atoms with Gasteiger partial charge in [-0.05, 0) is 25.0 Å². The van der Waals surface area contributed by atoms with Crippen LogP contribution in [0.4, 0.5) is 5.69 Å². The number of nitrogens with zero attached hydrogens (tertiary/aromatic N) is 1. The molecule has 4 heteroatoms. The standard InChI is InChI=1S/C15H26N2O2/c1-3-13(4-2)17(9-11-18)10-12-19-15-8-6-5-7-14(15)16/h5-8,13,18H,3-4,9-12,16H2,1-2H3. The molecule has 0 atom stereocenters. The Bertz CT molecular complexity index is 354. The molecule has 19 heavy (non-hydrogen) atoms. The number of ether oxygens (including phenoxy) is 1. The van der Waals surface area contributed by atoms with E-state index in [-0.39, 0.29) is 6.61 Å². The highest BCUT2D eigenvalue weighted by Gasteiger charge is 2.14. The van der Waals surface area contributed by atoms with E-state index in [1.165, 1.54) is 0 Å². The molecule has 0 unspecified atom stereocenters. The van der Waals surface area contributed by atoms with Gasteiger partial charge in [-0.2, -0.15) is 0 Å². The Morgan fingerprint density at radius 3 is 2.47 bits per heavy atom. The first-order chi connectivity index (χ1) is 9.22. The van der Waals surface area contributed by atoms with E-state index in [9.17, 15) is 0 Å². The molecule has 0 heterocycles. The van der Waals surface area contributed by atoms with Crippen LogP contribution in [-0.2, 0) is 0 Å². The summed E-state index contributed by atoms with van der Waals surface area (Å²) in [6, 6.07) is 8.02. The zero-order valence-corrected chi connectivity index (χ0v) is 12.0. The predicted octanol–water partition coefficient (Wildman–Crippen LogP) is 2.13. The summed E-state index contributed by atoms with van der Waals surface area (Å²) in [6.07, 6.45) is 2.17. The third-order valence-corrected chi connectivity index (χ3v) is 3.40. The summed E-state index contributed by atoms with van der Waals surface area (Å²) in [4.78, 5) is 2.28. The van der Waals surface area contributed by atoms with Crippen molar-refractivity contribution in [2.45, 2.75) is 32.7 Å². The van der Waals surface area contributed by atoms with Crippen molar-refractivity contribution in [3.8, 4) is 5.75 Å². The summed E-state index contributed by atoms with van der Waals surface area (Å²) >= 11 is 0. The number of hydrogen-bond donors (Lipinski definition) is 2. The molecule has 1 aromatic carbocycles. The fourth-order valence-electron chi connectivity index (χ4n) is 2.30. The van der Waals surface area contributed by atoms with Gasteiger partial charge in [0.15, 0.2) is 0 Å². The first-order valence-corrected chi connectivity index (χ1v) is 7.05. The van der Waals surface area contributed by atoms with Gasteiger partial charge in [0, 0.05) is 19.1 Å². The zero-order valence-electron chi connectivity index (χ0n) is 12.0. The van der Waals surface area contributed by atoms with Crippen molar-refractivity contribution in [3.63, 3.8) is 0 Å². The van der Waals surface area contributed by atoms with E-state index in [0.29, 0.717) is 24.9 Å². The zero-order chi connectivity index (χ0) is 14.1. The molecule has 0 aliphatic heterocycles. The molecule has 1 aromatic rings. The lowest BCUT2D eigenvalue weighted by atomic mass is 10.1. The van der Waals surface area contributed by atoms with Crippen LogP contribution in [0.3, 0.4) is 0 Å². The van der Waals surface area contributed by atoms with Crippen LogP contribution in [0.2, 0.25) is 0 Å². The maximum absolute atomic E-state index is 9.13. The van der Waals surface area contributed by atoms with Crippen LogP contribution in [-0.4, -0.2) is 42.4 Å². The van der Waals surface area contributed by atoms with Crippen molar-refractivity contribution in [1.82, 2.24) is 4.90 Å². The van der Waals surface area contributed by atoms with Crippen LogP contribution in [0.5, 0.6) is 5.75 Å². The number of aliphatic hydroxyl groups is 1. The Hall–Kier alpha value is -1.26. The number of nitrogens with two attached hydrogens (primary N) is 1. The van der Waals surface area contributed by atoms with Gasteiger partial charge in [-0.1, -0.05) is 26.0 Å². The minimum atomic E-state index is 0.184. The minimum absolute atomic E-state index is 0.184. The number of aliphatic hydroxyl groups excluding tert-OH is 1. The molecule has 0 radical (unpaired) electrons. The molecule has 3 N–H and O–H groups in total. The van der Waals surface area contributed by atoms with Crippen molar-refractivity contribution in [2.75, 3.05) is 32.0 Å². The highest BCUT2D eigenvalue weighted by molar-refractivity contribution is 5.51. The first-order valence-electron chi connectivity index (χ1n) is 7.05. The Balaban J connectivity index is 2.46. The highest BCUT2D eigenvalue weighted by atomic mass is 16.5. The second-order valence-electron chi connectivity index (χ2n) is 4.62. The molecule has 0 aliphatic rings. The number of rotatable bonds is 9. The van der Waals surface area contributed by atoms with Crippen LogP contribution in [0.15, 0.2) is 24.3 Å². The van der Waals surface area contributed by atoms with Gasteiger partial charge in [-0.25, -0.2) is 0 Å². The molecule has 0 aliphatic carbocycles. The van der Waals surface area contributed by atoms with Gasteiger partial charge in [-0.15, -0.1) is 0 Å². The predicted molar refractivity (Wildman–Crippen MR) is 79.4 cm³/mol. The maximum Gasteiger partial charge on any atom is 0.142 e.